The van der Waals surface area contributed by atoms with E-state index in [1.807, 2.05) is 27.7 Å². The molecule has 0 aromatic carbocycles. The third kappa shape index (κ3) is 14.7. The van der Waals surface area contributed by atoms with Gasteiger partial charge in [0.25, 0.3) is 5.91 Å². The van der Waals surface area contributed by atoms with Crippen LogP contribution in [-0.2, 0) is 19.2 Å². The molecule has 0 aliphatic heterocycles. The molecule has 0 aromatic heterocycles. The Labute approximate surface area is 318 Å². The second kappa shape index (κ2) is 24.0. The van der Waals surface area contributed by atoms with E-state index in [2.05, 4.69) is 70.8 Å². The Morgan fingerprint density at radius 2 is 1.39 bits per heavy atom. The van der Waals surface area contributed by atoms with Crippen LogP contribution >= 0.6 is 11.8 Å². The molecule has 7 nitrogen and oxygen atoms in total. The summed E-state index contributed by atoms with van der Waals surface area (Å²) in [6.45, 7) is 24.3. The number of thioether (sulfide) groups is 1. The summed E-state index contributed by atoms with van der Waals surface area (Å²) < 4.78 is 0.615. The van der Waals surface area contributed by atoms with E-state index in [9.17, 15) is 19.2 Å². The highest BCUT2D eigenvalue weighted by atomic mass is 32.2. The molecule has 6 unspecified atom stereocenters. The lowest BCUT2D eigenvalue weighted by atomic mass is 9.66. The van der Waals surface area contributed by atoms with Gasteiger partial charge in [-0.15, -0.1) is 0 Å². The summed E-state index contributed by atoms with van der Waals surface area (Å²) in [6.07, 6.45) is 19.2. The number of ketones is 3. The number of nitrogens with one attached hydrogen (secondary N) is 1. The van der Waals surface area contributed by atoms with E-state index in [1.165, 1.54) is 57.1 Å². The van der Waals surface area contributed by atoms with Crippen molar-refractivity contribution in [3.8, 4) is 0 Å². The normalized spacial score (nSPS) is 27.3. The zero-order chi connectivity index (χ0) is 39.6. The van der Waals surface area contributed by atoms with E-state index in [-0.39, 0.29) is 40.4 Å². The summed E-state index contributed by atoms with van der Waals surface area (Å²) in [4.78, 5) is 51.0. The molecule has 51 heavy (non-hydrogen) atoms. The first-order chi connectivity index (χ1) is 24.0. The SMILES string of the molecule is CC.CC.CC1(SCC2(N)CCCCC2)CC1.CCC.CCCC(C)[C@H]1CCC(C(=O)C(NC)C2(C)C=CC2)C1C(=O)C(C)[C@@H](C)C(=O)C(N)=O. The van der Waals surface area contributed by atoms with E-state index in [0.717, 1.165) is 25.7 Å². The van der Waals surface area contributed by atoms with E-state index >= 15 is 0 Å². The van der Waals surface area contributed by atoms with Crippen molar-refractivity contribution in [3.05, 3.63) is 12.2 Å². The molecule has 0 spiro atoms. The molecule has 0 aromatic rings. The number of hydrogen-bond acceptors (Lipinski definition) is 7. The predicted octanol–water partition coefficient (Wildman–Crippen LogP) is 9.49. The Hall–Kier alpha value is -1.51. The van der Waals surface area contributed by atoms with Crippen LogP contribution in [0.1, 0.15) is 167 Å². The molecule has 0 bridgehead atoms. The summed E-state index contributed by atoms with van der Waals surface area (Å²) in [7, 11) is 1.80. The fourth-order valence-corrected chi connectivity index (χ4v) is 9.14. The summed E-state index contributed by atoms with van der Waals surface area (Å²) in [5, 5.41) is 3.21. The second-order valence-electron chi connectivity index (χ2n) is 16.0. The van der Waals surface area contributed by atoms with Gasteiger partial charge in [0, 0.05) is 45.1 Å². The molecule has 0 saturated heterocycles. The van der Waals surface area contributed by atoms with Crippen molar-refractivity contribution < 1.29 is 19.2 Å². The highest BCUT2D eigenvalue weighted by molar-refractivity contribution is 8.01. The maximum atomic E-state index is 13.7. The molecule has 4 rings (SSSR count). The fourth-order valence-electron chi connectivity index (χ4n) is 7.82. The molecule has 298 valence electrons. The van der Waals surface area contributed by atoms with Crippen LogP contribution in [0.4, 0.5) is 0 Å². The van der Waals surface area contributed by atoms with Crippen molar-refractivity contribution in [1.29, 1.82) is 0 Å². The van der Waals surface area contributed by atoms with Crippen LogP contribution in [0.5, 0.6) is 0 Å². The fraction of sp³-hybridized carbons (Fsp3) is 0.860. The lowest BCUT2D eigenvalue weighted by molar-refractivity contribution is -0.143. The lowest BCUT2D eigenvalue weighted by Gasteiger charge is -2.40. The first-order valence-electron chi connectivity index (χ1n) is 20.7. The van der Waals surface area contributed by atoms with E-state index < -0.39 is 29.4 Å². The number of carbonyl (C=O) groups excluding carboxylic acids is 4. The van der Waals surface area contributed by atoms with Crippen molar-refractivity contribution in [1.82, 2.24) is 5.32 Å². The Morgan fingerprint density at radius 3 is 1.80 bits per heavy atom. The van der Waals surface area contributed by atoms with Gasteiger partial charge in [-0.2, -0.15) is 11.8 Å². The second-order valence-corrected chi connectivity index (χ2v) is 17.5. The van der Waals surface area contributed by atoms with Crippen LogP contribution in [-0.4, -0.2) is 52.4 Å². The molecule has 8 atom stereocenters. The number of rotatable bonds is 15. The van der Waals surface area contributed by atoms with Crippen molar-refractivity contribution in [2.24, 2.45) is 52.4 Å². The molecular formula is C43H81N3O4S. The molecule has 1 amide bonds. The van der Waals surface area contributed by atoms with Crippen molar-refractivity contribution in [2.75, 3.05) is 12.8 Å². The van der Waals surface area contributed by atoms with Gasteiger partial charge in [0.1, 0.15) is 5.78 Å². The van der Waals surface area contributed by atoms with Gasteiger partial charge < -0.3 is 16.8 Å². The standard InChI is InChI=1S/C25H40N2O4.C11H21NS.C3H8.2C2H6/c1-7-9-14(2)17-10-11-18(22(30)23(27-6)25(5)12-8-13-25)19(17)20(28)15(3)16(4)21(29)24(26)31;1-10(7-8-10)13-9-11(12)5-3-2-4-6-11;1-3-2;2*1-2/h8,12,14-19,23,27H,7,9-11,13H2,1-6H3,(H2,26,31);2-9,12H2,1H3;3H2,1-2H3;2*1-2H3/t14?,15?,16-,17-,18?,19?,23?,25?;;;;/m1..../s1. The summed E-state index contributed by atoms with van der Waals surface area (Å²) in [6, 6.07) is -0.335. The number of hydrogen-bond donors (Lipinski definition) is 3. The monoisotopic (exact) mass is 736 g/mol. The Morgan fingerprint density at radius 1 is 0.863 bits per heavy atom. The van der Waals surface area contributed by atoms with Gasteiger partial charge >= 0.3 is 0 Å². The average molecular weight is 736 g/mol. The highest BCUT2D eigenvalue weighted by Crippen LogP contribution is 2.50. The topological polar surface area (TPSA) is 132 Å². The van der Waals surface area contributed by atoms with Crippen molar-refractivity contribution in [3.63, 3.8) is 0 Å². The molecule has 3 fully saturated rings. The zero-order valence-corrected chi connectivity index (χ0v) is 36.1. The molecule has 5 N–H and O–H groups in total. The van der Waals surface area contributed by atoms with Gasteiger partial charge in [0.05, 0.1) is 6.04 Å². The van der Waals surface area contributed by atoms with Crippen molar-refractivity contribution in [2.45, 2.75) is 183 Å². The minimum Gasteiger partial charge on any atom is -0.363 e. The van der Waals surface area contributed by atoms with Gasteiger partial charge in [-0.25, -0.2) is 0 Å². The number of primary amides is 1. The van der Waals surface area contributed by atoms with Crippen LogP contribution < -0.4 is 16.8 Å². The molecule has 4 aliphatic carbocycles. The Balaban J connectivity index is 0.00000103. The van der Waals surface area contributed by atoms with Gasteiger partial charge in [0.2, 0.25) is 5.78 Å². The Bertz CT molecular complexity index is 1080. The first kappa shape index (κ1) is 49.5. The number of Topliss-reactive ketones (excluding diaryl/α,β-unsaturated/α-hetero) is 3. The maximum absolute atomic E-state index is 13.7. The van der Waals surface area contributed by atoms with Gasteiger partial charge in [-0.05, 0) is 63.8 Å². The summed E-state index contributed by atoms with van der Waals surface area (Å²) in [5.74, 6) is -2.30. The third-order valence-corrected chi connectivity index (χ3v) is 13.4. The number of amides is 1. The molecule has 0 heterocycles. The smallest absolute Gasteiger partial charge is 0.285 e. The minimum atomic E-state index is -1.01. The number of carbonyl (C=O) groups is 4. The van der Waals surface area contributed by atoms with E-state index in [1.54, 1.807) is 20.9 Å². The number of nitrogens with two attached hydrogens (primary N) is 2. The Kier molecular flexibility index (Phi) is 23.3. The van der Waals surface area contributed by atoms with Crippen LogP contribution in [0.3, 0.4) is 0 Å². The quantitative estimate of drug-likeness (QED) is 0.113. The maximum Gasteiger partial charge on any atom is 0.285 e. The molecule has 4 aliphatic rings. The third-order valence-electron chi connectivity index (χ3n) is 11.5. The molecule has 0 radical (unpaired) electrons. The van der Waals surface area contributed by atoms with Gasteiger partial charge in [-0.3, -0.25) is 19.2 Å². The average Bonchev–Trinajstić information content (AvgIpc) is 3.68. The summed E-state index contributed by atoms with van der Waals surface area (Å²) >= 11 is 2.13. The van der Waals surface area contributed by atoms with Crippen LogP contribution in [0.15, 0.2) is 12.2 Å². The number of allylic oxidation sites excluding steroid dienone is 1. The van der Waals surface area contributed by atoms with Crippen LogP contribution in [0.25, 0.3) is 0 Å². The van der Waals surface area contributed by atoms with Gasteiger partial charge in [0.15, 0.2) is 5.78 Å². The van der Waals surface area contributed by atoms with Crippen LogP contribution in [0, 0.1) is 40.9 Å². The van der Waals surface area contributed by atoms with Crippen molar-refractivity contribution >= 4 is 35.0 Å². The van der Waals surface area contributed by atoms with Gasteiger partial charge in [-0.1, -0.05) is 134 Å². The minimum absolute atomic E-state index is 0.0740. The van der Waals surface area contributed by atoms with E-state index in [0.29, 0.717) is 17.1 Å². The first-order valence-corrected chi connectivity index (χ1v) is 21.7. The molecule has 8 heteroatoms. The van der Waals surface area contributed by atoms with Crippen LogP contribution in [0.2, 0.25) is 0 Å². The molecule has 3 saturated carbocycles. The predicted molar refractivity (Wildman–Crippen MR) is 220 cm³/mol. The summed E-state index contributed by atoms with van der Waals surface area (Å²) in [5.41, 5.74) is 11.5. The highest BCUT2D eigenvalue weighted by Gasteiger charge is 2.51. The number of likely N-dealkylation sites (N-methyl/N-ethyl adjacent to an activating group) is 1. The van der Waals surface area contributed by atoms with E-state index in [4.69, 9.17) is 11.5 Å². The largest absolute Gasteiger partial charge is 0.363 e. The zero-order valence-electron chi connectivity index (χ0n) is 35.3. The lowest BCUT2D eigenvalue weighted by Crippen LogP contribution is -2.52. The molecular weight excluding hydrogens is 655 g/mol.